The monoisotopic (exact) mass is 278 g/mol. The van der Waals surface area contributed by atoms with Crippen molar-refractivity contribution in [1.29, 1.82) is 0 Å². The molecule has 4 nitrogen and oxygen atoms in total. The number of carbonyl (C=O) groups is 1. The Hall–Kier alpha value is -1.99. The molecule has 0 fully saturated rings. The van der Waals surface area contributed by atoms with Gasteiger partial charge < -0.3 is 15.4 Å². The number of fused-ring (bicyclic) bond motifs is 1. The predicted octanol–water partition coefficient (Wildman–Crippen LogP) is 2.52. The topological polar surface area (TPSA) is 50.4 Å². The van der Waals surface area contributed by atoms with Gasteiger partial charge in [0.1, 0.15) is 0 Å². The highest BCUT2D eigenvalue weighted by Crippen LogP contribution is 2.41. The minimum Gasteiger partial charge on any atom is -0.494 e. The lowest BCUT2D eigenvalue weighted by Gasteiger charge is -2.37. The summed E-state index contributed by atoms with van der Waals surface area (Å²) in [6, 6.07) is 1.96. The second-order valence-corrected chi connectivity index (χ2v) is 4.23. The third kappa shape index (κ3) is 1.96. The Balaban J connectivity index is 2.51. The summed E-state index contributed by atoms with van der Waals surface area (Å²) in [5.41, 5.74) is -2.90. The Labute approximate surface area is 105 Å². The van der Waals surface area contributed by atoms with Crippen molar-refractivity contribution in [3.05, 3.63) is 17.9 Å². The van der Waals surface area contributed by atoms with Crippen LogP contribution in [0.25, 0.3) is 0 Å². The van der Waals surface area contributed by atoms with Gasteiger partial charge in [0.25, 0.3) is 5.91 Å². The Morgan fingerprint density at radius 3 is 2.42 bits per heavy atom. The van der Waals surface area contributed by atoms with Crippen molar-refractivity contribution in [3.63, 3.8) is 0 Å². The minimum absolute atomic E-state index is 0.0577. The lowest BCUT2D eigenvalue weighted by Crippen LogP contribution is -2.60. The van der Waals surface area contributed by atoms with Gasteiger partial charge in [0.2, 0.25) is 5.54 Å². The van der Waals surface area contributed by atoms with Gasteiger partial charge in [-0.25, -0.2) is 4.39 Å². The molecule has 0 radical (unpaired) electrons. The van der Waals surface area contributed by atoms with E-state index in [1.165, 1.54) is 7.11 Å². The molecule has 2 rings (SSSR count). The Morgan fingerprint density at radius 2 is 1.89 bits per heavy atom. The largest absolute Gasteiger partial charge is 0.494 e. The van der Waals surface area contributed by atoms with Crippen molar-refractivity contribution in [2.75, 3.05) is 17.7 Å². The number of nitrogens with one attached hydrogen (secondary N) is 2. The number of rotatable bonds is 1. The summed E-state index contributed by atoms with van der Waals surface area (Å²) in [5, 5.41) is 4.11. The normalized spacial score (nSPS) is 22.3. The number of hydrogen-bond acceptors (Lipinski definition) is 3. The van der Waals surface area contributed by atoms with Crippen molar-refractivity contribution in [3.8, 4) is 5.75 Å². The Bertz CT molecular complexity index is 544. The average molecular weight is 278 g/mol. The average Bonchev–Trinajstić information content (AvgIpc) is 2.29. The molecule has 1 aliphatic heterocycles. The molecular weight excluding hydrogens is 268 g/mol. The first-order valence-corrected chi connectivity index (χ1v) is 5.23. The van der Waals surface area contributed by atoms with Crippen LogP contribution in [0.2, 0.25) is 0 Å². The number of benzene rings is 1. The predicted molar refractivity (Wildman–Crippen MR) is 59.7 cm³/mol. The van der Waals surface area contributed by atoms with E-state index in [0.717, 1.165) is 12.1 Å². The van der Waals surface area contributed by atoms with Crippen molar-refractivity contribution >= 4 is 17.3 Å². The van der Waals surface area contributed by atoms with E-state index in [4.69, 9.17) is 0 Å². The van der Waals surface area contributed by atoms with Gasteiger partial charge in [0.05, 0.1) is 18.5 Å². The van der Waals surface area contributed by atoms with E-state index in [-0.39, 0.29) is 17.1 Å². The van der Waals surface area contributed by atoms with Crippen LogP contribution in [0.15, 0.2) is 12.1 Å². The molecule has 0 spiro atoms. The lowest BCUT2D eigenvalue weighted by molar-refractivity contribution is -0.179. The van der Waals surface area contributed by atoms with Crippen LogP contribution in [0.5, 0.6) is 5.75 Å². The van der Waals surface area contributed by atoms with Crippen LogP contribution >= 0.6 is 0 Å². The van der Waals surface area contributed by atoms with Crippen molar-refractivity contribution < 1.29 is 27.1 Å². The van der Waals surface area contributed by atoms with Gasteiger partial charge in [-0.3, -0.25) is 4.79 Å². The summed E-state index contributed by atoms with van der Waals surface area (Å²) >= 11 is 0. The molecule has 0 aliphatic carbocycles. The highest BCUT2D eigenvalue weighted by molar-refractivity contribution is 6.06. The van der Waals surface area contributed by atoms with Crippen molar-refractivity contribution in [2.24, 2.45) is 0 Å². The SMILES string of the molecule is COc1cc2c(cc1F)NC(=O)C(C)(C(F)(F)F)N2. The van der Waals surface area contributed by atoms with E-state index in [9.17, 15) is 22.4 Å². The van der Waals surface area contributed by atoms with Gasteiger partial charge in [-0.2, -0.15) is 13.2 Å². The fraction of sp³-hybridized carbons (Fsp3) is 0.364. The van der Waals surface area contributed by atoms with Gasteiger partial charge in [0.15, 0.2) is 11.6 Å². The van der Waals surface area contributed by atoms with Crippen LogP contribution < -0.4 is 15.4 Å². The van der Waals surface area contributed by atoms with Crippen LogP contribution in [-0.2, 0) is 4.79 Å². The fourth-order valence-electron chi connectivity index (χ4n) is 1.69. The summed E-state index contributed by atoms with van der Waals surface area (Å²) in [6.45, 7) is 0.709. The third-order valence-electron chi connectivity index (χ3n) is 2.95. The smallest absolute Gasteiger partial charge is 0.420 e. The molecule has 1 heterocycles. The first-order chi connectivity index (χ1) is 8.69. The highest BCUT2D eigenvalue weighted by Gasteiger charge is 2.58. The van der Waals surface area contributed by atoms with Crippen LogP contribution in [0.1, 0.15) is 6.92 Å². The molecule has 2 N–H and O–H groups in total. The van der Waals surface area contributed by atoms with Crippen LogP contribution in [-0.4, -0.2) is 24.7 Å². The quantitative estimate of drug-likeness (QED) is 0.776. The maximum atomic E-state index is 13.4. The molecule has 19 heavy (non-hydrogen) atoms. The molecule has 0 saturated heterocycles. The standard InChI is InChI=1S/C11H10F4N2O2/c1-10(11(13,14)15)9(18)16-6-3-5(12)8(19-2)4-7(6)17-10/h3-4,17H,1-2H3,(H,16,18). The molecule has 0 aromatic heterocycles. The summed E-state index contributed by atoms with van der Waals surface area (Å²) in [4.78, 5) is 11.5. The van der Waals surface area contributed by atoms with E-state index < -0.39 is 23.4 Å². The maximum Gasteiger partial charge on any atom is 0.420 e. The molecule has 1 unspecified atom stereocenters. The second-order valence-electron chi connectivity index (χ2n) is 4.23. The summed E-state index contributed by atoms with van der Waals surface area (Å²) in [5.74, 6) is -2.29. The van der Waals surface area contributed by atoms with Gasteiger partial charge in [-0.05, 0) is 6.92 Å². The zero-order chi connectivity index (χ0) is 14.4. The molecule has 0 saturated carbocycles. The van der Waals surface area contributed by atoms with E-state index >= 15 is 0 Å². The van der Waals surface area contributed by atoms with Gasteiger partial charge >= 0.3 is 6.18 Å². The van der Waals surface area contributed by atoms with Crippen molar-refractivity contribution in [2.45, 2.75) is 18.6 Å². The minimum atomic E-state index is -4.80. The van der Waals surface area contributed by atoms with Gasteiger partial charge in [0, 0.05) is 12.1 Å². The molecule has 8 heteroatoms. The Kier molecular flexibility index (Phi) is 2.83. The molecule has 1 amide bonds. The summed E-state index contributed by atoms with van der Waals surface area (Å²) in [6.07, 6.45) is -4.80. The molecule has 0 bridgehead atoms. The molecule has 104 valence electrons. The molecular formula is C11H10F4N2O2. The number of hydrogen-bond donors (Lipinski definition) is 2. The number of halogens is 4. The number of amides is 1. The lowest BCUT2D eigenvalue weighted by atomic mass is 9.96. The molecule has 1 aromatic carbocycles. The second kappa shape index (κ2) is 4.01. The zero-order valence-electron chi connectivity index (χ0n) is 9.98. The molecule has 1 aromatic rings. The molecule has 1 aliphatic rings. The number of carbonyl (C=O) groups excluding carboxylic acids is 1. The van der Waals surface area contributed by atoms with Gasteiger partial charge in [-0.15, -0.1) is 0 Å². The first kappa shape index (κ1) is 13.4. The highest BCUT2D eigenvalue weighted by atomic mass is 19.4. The third-order valence-corrected chi connectivity index (χ3v) is 2.95. The molecule has 1 atom stereocenters. The summed E-state index contributed by atoms with van der Waals surface area (Å²) < 4.78 is 56.8. The number of alkyl halides is 3. The van der Waals surface area contributed by atoms with E-state index in [1.54, 1.807) is 0 Å². The van der Waals surface area contributed by atoms with Crippen LogP contribution in [0.3, 0.4) is 0 Å². The Morgan fingerprint density at radius 1 is 1.26 bits per heavy atom. The number of methoxy groups -OCH3 is 1. The maximum absolute atomic E-state index is 13.4. The first-order valence-electron chi connectivity index (χ1n) is 5.23. The zero-order valence-corrected chi connectivity index (χ0v) is 9.98. The number of anilines is 2. The van der Waals surface area contributed by atoms with Gasteiger partial charge in [-0.1, -0.05) is 0 Å². The van der Waals surface area contributed by atoms with Crippen LogP contribution in [0, 0.1) is 5.82 Å². The van der Waals surface area contributed by atoms with E-state index in [2.05, 4.69) is 10.1 Å². The fourth-order valence-corrected chi connectivity index (χ4v) is 1.69. The number of ether oxygens (including phenoxy) is 1. The van der Waals surface area contributed by atoms with E-state index in [1.807, 2.05) is 5.32 Å². The van der Waals surface area contributed by atoms with E-state index in [0.29, 0.717) is 6.92 Å². The summed E-state index contributed by atoms with van der Waals surface area (Å²) in [7, 11) is 1.19. The van der Waals surface area contributed by atoms with Crippen LogP contribution in [0.4, 0.5) is 28.9 Å². The van der Waals surface area contributed by atoms with Crippen molar-refractivity contribution in [1.82, 2.24) is 0 Å².